The number of aromatic nitrogens is 1. The lowest BCUT2D eigenvalue weighted by Gasteiger charge is -2.19. The number of pyridine rings is 1. The third-order valence-corrected chi connectivity index (χ3v) is 2.59. The van der Waals surface area contributed by atoms with Crippen LogP contribution in [-0.4, -0.2) is 35.9 Å². The van der Waals surface area contributed by atoms with E-state index in [1.807, 2.05) is 19.1 Å². The van der Waals surface area contributed by atoms with Gasteiger partial charge in [-0.3, -0.25) is 14.7 Å². The minimum absolute atomic E-state index is 0.0277. The molecule has 5 heteroatoms. The summed E-state index contributed by atoms with van der Waals surface area (Å²) in [6, 6.07) is 3.93. The summed E-state index contributed by atoms with van der Waals surface area (Å²) in [4.78, 5) is 17.5. The molecule has 0 aliphatic carbocycles. The molecule has 1 heterocycles. The molecule has 0 bridgehead atoms. The van der Waals surface area contributed by atoms with Crippen LogP contribution in [0.1, 0.15) is 18.2 Å². The molecule has 1 aromatic rings. The first-order valence-electron chi connectivity index (χ1n) is 5.76. The molecule has 0 saturated heterocycles. The van der Waals surface area contributed by atoms with E-state index in [-0.39, 0.29) is 5.91 Å². The molecule has 1 aromatic heterocycles. The molecule has 1 amide bonds. The SMILES string of the molecule is CCN(CC(=O)NC)Cc1ccnc(CN)c1. The van der Waals surface area contributed by atoms with Crippen molar-refractivity contribution in [1.82, 2.24) is 15.2 Å². The smallest absolute Gasteiger partial charge is 0.233 e. The van der Waals surface area contributed by atoms with Crippen molar-refractivity contribution in [2.24, 2.45) is 5.73 Å². The normalized spacial score (nSPS) is 10.6. The maximum atomic E-state index is 11.3. The van der Waals surface area contributed by atoms with Crippen molar-refractivity contribution in [2.45, 2.75) is 20.0 Å². The molecular weight excluding hydrogens is 216 g/mol. The first-order valence-corrected chi connectivity index (χ1v) is 5.76. The first-order chi connectivity index (χ1) is 8.19. The minimum atomic E-state index is 0.0277. The highest BCUT2D eigenvalue weighted by atomic mass is 16.1. The second kappa shape index (κ2) is 6.98. The minimum Gasteiger partial charge on any atom is -0.358 e. The lowest BCUT2D eigenvalue weighted by atomic mass is 10.2. The summed E-state index contributed by atoms with van der Waals surface area (Å²) < 4.78 is 0. The highest BCUT2D eigenvalue weighted by Crippen LogP contribution is 2.05. The van der Waals surface area contributed by atoms with Crippen molar-refractivity contribution < 1.29 is 4.79 Å². The van der Waals surface area contributed by atoms with Crippen molar-refractivity contribution in [3.05, 3.63) is 29.6 Å². The predicted octanol–water partition coefficient (Wildman–Crippen LogP) is 0.108. The van der Waals surface area contributed by atoms with Gasteiger partial charge in [-0.15, -0.1) is 0 Å². The van der Waals surface area contributed by atoms with Crippen molar-refractivity contribution in [3.8, 4) is 0 Å². The van der Waals surface area contributed by atoms with E-state index < -0.39 is 0 Å². The van der Waals surface area contributed by atoms with Gasteiger partial charge in [0.15, 0.2) is 0 Å². The van der Waals surface area contributed by atoms with E-state index >= 15 is 0 Å². The quantitative estimate of drug-likeness (QED) is 0.735. The summed E-state index contributed by atoms with van der Waals surface area (Å²) in [6.45, 7) is 4.45. The third-order valence-electron chi connectivity index (χ3n) is 2.59. The number of nitrogens with zero attached hydrogens (tertiary/aromatic N) is 2. The van der Waals surface area contributed by atoms with Gasteiger partial charge in [0, 0.05) is 26.3 Å². The zero-order valence-electron chi connectivity index (χ0n) is 10.4. The number of hydrogen-bond donors (Lipinski definition) is 2. The van der Waals surface area contributed by atoms with E-state index in [2.05, 4.69) is 15.2 Å². The molecule has 0 fully saturated rings. The highest BCUT2D eigenvalue weighted by molar-refractivity contribution is 5.77. The zero-order valence-corrected chi connectivity index (χ0v) is 10.4. The average molecular weight is 236 g/mol. The second-order valence-corrected chi connectivity index (χ2v) is 3.84. The number of carbonyl (C=O) groups is 1. The number of nitrogens with two attached hydrogens (primary N) is 1. The molecule has 17 heavy (non-hydrogen) atoms. The Morgan fingerprint density at radius 3 is 2.94 bits per heavy atom. The lowest BCUT2D eigenvalue weighted by Crippen LogP contribution is -2.35. The number of nitrogens with one attached hydrogen (secondary N) is 1. The fraction of sp³-hybridized carbons (Fsp3) is 0.500. The topological polar surface area (TPSA) is 71.2 Å². The van der Waals surface area contributed by atoms with Gasteiger partial charge in [0.25, 0.3) is 0 Å². The van der Waals surface area contributed by atoms with E-state index in [0.29, 0.717) is 13.1 Å². The highest BCUT2D eigenvalue weighted by Gasteiger charge is 2.08. The number of likely N-dealkylation sites (N-methyl/N-ethyl adjacent to an activating group) is 2. The molecule has 0 radical (unpaired) electrons. The van der Waals surface area contributed by atoms with Gasteiger partial charge in [-0.05, 0) is 24.2 Å². The average Bonchev–Trinajstić information content (AvgIpc) is 2.37. The molecule has 5 nitrogen and oxygen atoms in total. The van der Waals surface area contributed by atoms with Gasteiger partial charge < -0.3 is 11.1 Å². The standard InChI is InChI=1S/C12H20N4O/c1-3-16(9-12(17)14-2)8-10-4-5-15-11(6-10)7-13/h4-6H,3,7-9,13H2,1-2H3,(H,14,17). The van der Waals surface area contributed by atoms with Crippen LogP contribution in [-0.2, 0) is 17.9 Å². The van der Waals surface area contributed by atoms with Crippen LogP contribution in [0.25, 0.3) is 0 Å². The van der Waals surface area contributed by atoms with Crippen LogP contribution >= 0.6 is 0 Å². The Morgan fingerprint density at radius 2 is 2.35 bits per heavy atom. The fourth-order valence-electron chi connectivity index (χ4n) is 1.56. The van der Waals surface area contributed by atoms with Crippen LogP contribution in [0.3, 0.4) is 0 Å². The molecule has 0 atom stereocenters. The Hall–Kier alpha value is -1.46. The molecule has 0 saturated carbocycles. The molecule has 0 aromatic carbocycles. The summed E-state index contributed by atoms with van der Waals surface area (Å²) in [7, 11) is 1.65. The molecular formula is C12H20N4O. The van der Waals surface area contributed by atoms with Gasteiger partial charge in [-0.2, -0.15) is 0 Å². The molecule has 0 unspecified atom stereocenters. The zero-order chi connectivity index (χ0) is 12.7. The van der Waals surface area contributed by atoms with E-state index in [4.69, 9.17) is 5.73 Å². The van der Waals surface area contributed by atoms with Crippen LogP contribution in [0, 0.1) is 0 Å². The van der Waals surface area contributed by atoms with E-state index in [1.165, 1.54) is 0 Å². The summed E-state index contributed by atoms with van der Waals surface area (Å²) in [5.74, 6) is 0.0277. The number of hydrogen-bond acceptors (Lipinski definition) is 4. The van der Waals surface area contributed by atoms with Crippen LogP contribution < -0.4 is 11.1 Å². The summed E-state index contributed by atoms with van der Waals surface area (Å²) in [5, 5.41) is 2.63. The monoisotopic (exact) mass is 236 g/mol. The maximum Gasteiger partial charge on any atom is 0.233 e. The number of amides is 1. The lowest BCUT2D eigenvalue weighted by molar-refractivity contribution is -0.121. The predicted molar refractivity (Wildman–Crippen MR) is 67.1 cm³/mol. The van der Waals surface area contributed by atoms with Crippen molar-refractivity contribution in [2.75, 3.05) is 20.1 Å². The van der Waals surface area contributed by atoms with Gasteiger partial charge in [0.1, 0.15) is 0 Å². The molecule has 3 N–H and O–H groups in total. The summed E-state index contributed by atoms with van der Waals surface area (Å²) >= 11 is 0. The number of rotatable bonds is 6. The van der Waals surface area contributed by atoms with Gasteiger partial charge >= 0.3 is 0 Å². The molecule has 94 valence electrons. The van der Waals surface area contributed by atoms with Crippen LogP contribution in [0.15, 0.2) is 18.3 Å². The van der Waals surface area contributed by atoms with Crippen molar-refractivity contribution in [3.63, 3.8) is 0 Å². The summed E-state index contributed by atoms with van der Waals surface area (Å²) in [5.41, 5.74) is 7.55. The Morgan fingerprint density at radius 1 is 1.59 bits per heavy atom. The Bertz CT molecular complexity index is 367. The Balaban J connectivity index is 2.63. The van der Waals surface area contributed by atoms with E-state index in [9.17, 15) is 4.79 Å². The van der Waals surface area contributed by atoms with Crippen LogP contribution in [0.2, 0.25) is 0 Å². The second-order valence-electron chi connectivity index (χ2n) is 3.84. The van der Waals surface area contributed by atoms with Gasteiger partial charge in [-0.1, -0.05) is 6.92 Å². The largest absolute Gasteiger partial charge is 0.358 e. The van der Waals surface area contributed by atoms with Gasteiger partial charge in [0.2, 0.25) is 5.91 Å². The molecule has 0 aliphatic heterocycles. The van der Waals surface area contributed by atoms with Crippen molar-refractivity contribution >= 4 is 5.91 Å². The van der Waals surface area contributed by atoms with Gasteiger partial charge in [-0.25, -0.2) is 0 Å². The maximum absolute atomic E-state index is 11.3. The van der Waals surface area contributed by atoms with Crippen LogP contribution in [0.5, 0.6) is 0 Å². The van der Waals surface area contributed by atoms with Crippen LogP contribution in [0.4, 0.5) is 0 Å². The van der Waals surface area contributed by atoms with Gasteiger partial charge in [0.05, 0.1) is 12.2 Å². The Kier molecular flexibility index (Phi) is 5.59. The van der Waals surface area contributed by atoms with E-state index in [0.717, 1.165) is 24.3 Å². The molecule has 0 spiro atoms. The first kappa shape index (κ1) is 13.6. The summed E-state index contributed by atoms with van der Waals surface area (Å²) in [6.07, 6.45) is 1.76. The third kappa shape index (κ3) is 4.50. The Labute approximate surface area is 102 Å². The van der Waals surface area contributed by atoms with E-state index in [1.54, 1.807) is 13.2 Å². The number of carbonyl (C=O) groups excluding carboxylic acids is 1. The molecule has 0 aliphatic rings. The van der Waals surface area contributed by atoms with Crippen molar-refractivity contribution in [1.29, 1.82) is 0 Å². The fourth-order valence-corrected chi connectivity index (χ4v) is 1.56. The molecule has 1 rings (SSSR count).